The second-order valence-electron chi connectivity index (χ2n) is 3.38. The van der Waals surface area contributed by atoms with E-state index in [1.807, 2.05) is 0 Å². The Kier molecular flexibility index (Phi) is 4.00. The Morgan fingerprint density at radius 1 is 1.33 bits per heavy atom. The Morgan fingerprint density at radius 3 is 2.67 bits per heavy atom. The van der Waals surface area contributed by atoms with Crippen LogP contribution >= 0.6 is 23.2 Å². The lowest BCUT2D eigenvalue weighted by Crippen LogP contribution is -2.13. The molecule has 0 aliphatic carbocycles. The predicted octanol–water partition coefficient (Wildman–Crippen LogP) is 1.68. The molecule has 1 aromatic carbocycles. The van der Waals surface area contributed by atoms with Gasteiger partial charge in [0.1, 0.15) is 17.5 Å². The van der Waals surface area contributed by atoms with Crippen LogP contribution < -0.4 is 0 Å². The highest BCUT2D eigenvalue weighted by molar-refractivity contribution is 7.73. The Labute approximate surface area is 115 Å². The first-order chi connectivity index (χ1) is 8.58. The summed E-state index contributed by atoms with van der Waals surface area (Å²) >= 11 is 11.8. The van der Waals surface area contributed by atoms with Crippen LogP contribution in [-0.4, -0.2) is 28.0 Å². The van der Waals surface area contributed by atoms with E-state index in [9.17, 15) is 8.42 Å². The third-order valence-electron chi connectivity index (χ3n) is 2.20. The monoisotopic (exact) mass is 303 g/mol. The van der Waals surface area contributed by atoms with Crippen LogP contribution in [0.3, 0.4) is 0 Å². The van der Waals surface area contributed by atoms with Crippen molar-refractivity contribution in [3.05, 3.63) is 46.5 Å². The molecular weight excluding hydrogens is 297 g/mol. The number of halogens is 2. The van der Waals surface area contributed by atoms with Crippen molar-refractivity contribution < 1.29 is 8.42 Å². The fourth-order valence-corrected chi connectivity index (χ4v) is 2.58. The Bertz CT molecular complexity index is 688. The molecule has 8 heteroatoms. The quantitative estimate of drug-likeness (QED) is 0.639. The van der Waals surface area contributed by atoms with Crippen LogP contribution in [0.25, 0.3) is 0 Å². The lowest BCUT2D eigenvalue weighted by molar-refractivity contribution is 0.625. The summed E-state index contributed by atoms with van der Waals surface area (Å²) in [5.41, 5.74) is 0.407. The van der Waals surface area contributed by atoms with Gasteiger partial charge in [-0.2, -0.15) is 13.5 Å². The summed E-state index contributed by atoms with van der Waals surface area (Å²) in [5, 5.41) is 4.58. The van der Waals surface area contributed by atoms with E-state index in [1.54, 1.807) is 12.1 Å². The van der Waals surface area contributed by atoms with E-state index in [1.165, 1.54) is 23.4 Å². The topological polar surface area (TPSA) is 64.8 Å². The van der Waals surface area contributed by atoms with Gasteiger partial charge in [0.25, 0.3) is 0 Å². The maximum Gasteiger partial charge on any atom is 0.219 e. The van der Waals surface area contributed by atoms with Crippen molar-refractivity contribution in [3.63, 3.8) is 0 Å². The van der Waals surface area contributed by atoms with E-state index in [-0.39, 0.29) is 16.4 Å². The van der Waals surface area contributed by atoms with Crippen LogP contribution in [0.15, 0.2) is 30.9 Å². The molecule has 0 radical (unpaired) electrons. The summed E-state index contributed by atoms with van der Waals surface area (Å²) in [6, 6.07) is 4.64. The SMILES string of the molecule is O=S(=O)=C(Cn1cncn1)c1ccc(Cl)cc1Cl. The van der Waals surface area contributed by atoms with Gasteiger partial charge in [0.2, 0.25) is 10.3 Å². The number of rotatable bonds is 3. The first-order valence-corrected chi connectivity index (χ1v) is 6.64. The molecule has 5 nitrogen and oxygen atoms in total. The molecule has 0 spiro atoms. The van der Waals surface area contributed by atoms with Crippen LogP contribution in [0.4, 0.5) is 0 Å². The normalized spacial score (nSPS) is 10.3. The molecule has 18 heavy (non-hydrogen) atoms. The fourth-order valence-electron chi connectivity index (χ4n) is 1.40. The Morgan fingerprint density at radius 2 is 2.11 bits per heavy atom. The van der Waals surface area contributed by atoms with E-state index in [0.29, 0.717) is 10.6 Å². The molecule has 0 amide bonds. The number of aromatic nitrogens is 3. The number of benzene rings is 1. The summed E-state index contributed by atoms with van der Waals surface area (Å²) in [5.74, 6) is 0. The molecule has 1 heterocycles. The van der Waals surface area contributed by atoms with E-state index < -0.39 is 10.3 Å². The van der Waals surface area contributed by atoms with Gasteiger partial charge in [0, 0.05) is 10.6 Å². The second-order valence-corrected chi connectivity index (χ2v) is 5.18. The zero-order valence-corrected chi connectivity index (χ0v) is 11.2. The maximum atomic E-state index is 11.3. The molecule has 0 saturated carbocycles. The zero-order valence-electron chi connectivity index (χ0n) is 8.92. The Hall–Kier alpha value is -1.37. The molecule has 0 aliphatic heterocycles. The van der Waals surface area contributed by atoms with Crippen molar-refractivity contribution >= 4 is 38.4 Å². The van der Waals surface area contributed by atoms with Crippen LogP contribution in [0, 0.1) is 0 Å². The van der Waals surface area contributed by atoms with Crippen LogP contribution in [0.5, 0.6) is 0 Å². The van der Waals surface area contributed by atoms with Crippen molar-refractivity contribution in [1.29, 1.82) is 0 Å². The Balaban J connectivity index is 2.47. The minimum absolute atomic E-state index is 0.0669. The van der Waals surface area contributed by atoms with Gasteiger partial charge in [0.05, 0.1) is 11.6 Å². The van der Waals surface area contributed by atoms with Gasteiger partial charge in [-0.15, -0.1) is 0 Å². The molecule has 0 saturated heterocycles. The molecule has 0 N–H and O–H groups in total. The van der Waals surface area contributed by atoms with Gasteiger partial charge in [-0.1, -0.05) is 29.3 Å². The fraction of sp³-hybridized carbons (Fsp3) is 0.100. The molecule has 1 aromatic heterocycles. The molecular formula is C10H7Cl2N3O2S. The highest BCUT2D eigenvalue weighted by Crippen LogP contribution is 2.21. The van der Waals surface area contributed by atoms with Gasteiger partial charge in [-0.25, -0.2) is 9.67 Å². The van der Waals surface area contributed by atoms with Crippen LogP contribution in [-0.2, 0) is 16.8 Å². The van der Waals surface area contributed by atoms with Crippen LogP contribution in [0.1, 0.15) is 5.56 Å². The molecule has 0 atom stereocenters. The first-order valence-electron chi connectivity index (χ1n) is 4.81. The van der Waals surface area contributed by atoms with Crippen molar-refractivity contribution in [2.45, 2.75) is 6.54 Å². The third kappa shape index (κ3) is 2.90. The highest BCUT2D eigenvalue weighted by atomic mass is 35.5. The summed E-state index contributed by atoms with van der Waals surface area (Å²) < 4.78 is 23.9. The number of hydrogen-bond acceptors (Lipinski definition) is 4. The van der Waals surface area contributed by atoms with E-state index in [2.05, 4.69) is 10.1 Å². The second kappa shape index (κ2) is 5.51. The summed E-state index contributed by atoms with van der Waals surface area (Å²) in [6.07, 6.45) is 2.76. The average Bonchev–Trinajstić information content (AvgIpc) is 2.79. The van der Waals surface area contributed by atoms with Crippen LogP contribution in [0.2, 0.25) is 10.0 Å². The molecule has 0 aliphatic rings. The summed E-state index contributed by atoms with van der Waals surface area (Å²) in [7, 11) is -2.41. The van der Waals surface area contributed by atoms with Gasteiger partial charge in [0.15, 0.2) is 0 Å². The van der Waals surface area contributed by atoms with Crippen molar-refractivity contribution in [1.82, 2.24) is 14.8 Å². The van der Waals surface area contributed by atoms with Gasteiger partial charge in [-0.3, -0.25) is 0 Å². The molecule has 2 aromatic rings. The molecule has 0 bridgehead atoms. The van der Waals surface area contributed by atoms with E-state index in [0.717, 1.165) is 0 Å². The highest BCUT2D eigenvalue weighted by Gasteiger charge is 2.11. The standard InChI is InChI=1S/C10H7Cl2N3O2S/c11-7-1-2-8(9(12)3-7)10(18(16)17)4-15-6-13-5-14-15/h1-3,5-6H,4H2. The van der Waals surface area contributed by atoms with E-state index >= 15 is 0 Å². The summed E-state index contributed by atoms with van der Waals surface area (Å²) in [4.78, 5) is 3.88. The first kappa shape index (κ1) is 13.1. The third-order valence-corrected chi connectivity index (χ3v) is 3.50. The van der Waals surface area contributed by atoms with Crippen molar-refractivity contribution in [3.8, 4) is 0 Å². The lowest BCUT2D eigenvalue weighted by atomic mass is 10.1. The summed E-state index contributed by atoms with van der Waals surface area (Å²) in [6.45, 7) is 0.0669. The minimum atomic E-state index is -2.41. The molecule has 0 fully saturated rings. The molecule has 94 valence electrons. The number of nitrogens with zero attached hydrogens (tertiary/aromatic N) is 3. The number of hydrogen-bond donors (Lipinski definition) is 0. The lowest BCUT2D eigenvalue weighted by Gasteiger charge is -2.05. The van der Waals surface area contributed by atoms with Gasteiger partial charge < -0.3 is 0 Å². The smallest absolute Gasteiger partial charge is 0.219 e. The van der Waals surface area contributed by atoms with Gasteiger partial charge in [-0.05, 0) is 12.1 Å². The van der Waals surface area contributed by atoms with E-state index in [4.69, 9.17) is 23.2 Å². The van der Waals surface area contributed by atoms with Crippen molar-refractivity contribution in [2.75, 3.05) is 0 Å². The minimum Gasteiger partial charge on any atom is -0.248 e. The molecule has 0 unspecified atom stereocenters. The maximum absolute atomic E-state index is 11.3. The average molecular weight is 304 g/mol. The largest absolute Gasteiger partial charge is 0.248 e. The van der Waals surface area contributed by atoms with Gasteiger partial charge >= 0.3 is 0 Å². The van der Waals surface area contributed by atoms with Crippen molar-refractivity contribution in [2.24, 2.45) is 0 Å². The molecule has 2 rings (SSSR count). The zero-order chi connectivity index (χ0) is 13.1. The predicted molar refractivity (Wildman–Crippen MR) is 69.5 cm³/mol.